The molecule has 3 heteroatoms. The average Bonchev–Trinajstić information content (AvgIpc) is 2.55. The van der Waals surface area contributed by atoms with Gasteiger partial charge in [-0.3, -0.25) is 0 Å². The van der Waals surface area contributed by atoms with E-state index in [0.717, 1.165) is 20.5 Å². The van der Waals surface area contributed by atoms with E-state index in [1.54, 1.807) is 6.07 Å². The SMILES string of the molecule is Cc1c(C#N)sc2ccc(C#N)cc12. The van der Waals surface area contributed by atoms with Crippen LogP contribution in [0.3, 0.4) is 0 Å². The number of aryl methyl sites for hydroxylation is 1. The van der Waals surface area contributed by atoms with E-state index in [-0.39, 0.29) is 0 Å². The van der Waals surface area contributed by atoms with Crippen LogP contribution in [0.15, 0.2) is 18.2 Å². The van der Waals surface area contributed by atoms with Crippen molar-refractivity contribution in [2.75, 3.05) is 0 Å². The minimum absolute atomic E-state index is 0.642. The topological polar surface area (TPSA) is 47.6 Å². The maximum atomic E-state index is 8.84. The number of fused-ring (bicyclic) bond motifs is 1. The Labute approximate surface area is 85.6 Å². The van der Waals surface area contributed by atoms with Crippen molar-refractivity contribution < 1.29 is 0 Å². The van der Waals surface area contributed by atoms with Gasteiger partial charge in [-0.2, -0.15) is 10.5 Å². The molecule has 0 saturated heterocycles. The van der Waals surface area contributed by atoms with Gasteiger partial charge in [-0.25, -0.2) is 0 Å². The third kappa shape index (κ3) is 1.16. The van der Waals surface area contributed by atoms with Crippen LogP contribution < -0.4 is 0 Å². The monoisotopic (exact) mass is 198 g/mol. The Morgan fingerprint density at radius 1 is 1.21 bits per heavy atom. The van der Waals surface area contributed by atoms with Crippen molar-refractivity contribution in [2.24, 2.45) is 0 Å². The van der Waals surface area contributed by atoms with Gasteiger partial charge in [0.05, 0.1) is 11.6 Å². The van der Waals surface area contributed by atoms with Gasteiger partial charge in [-0.1, -0.05) is 0 Å². The van der Waals surface area contributed by atoms with E-state index < -0.39 is 0 Å². The van der Waals surface area contributed by atoms with Crippen LogP contribution in [0.25, 0.3) is 10.1 Å². The lowest BCUT2D eigenvalue weighted by Gasteiger charge is -1.91. The van der Waals surface area contributed by atoms with Crippen LogP contribution in [0, 0.1) is 29.6 Å². The number of nitriles is 2. The predicted molar refractivity (Wildman–Crippen MR) is 56.0 cm³/mol. The normalized spacial score (nSPS) is 9.64. The number of hydrogen-bond acceptors (Lipinski definition) is 3. The molecule has 0 amide bonds. The van der Waals surface area contributed by atoms with Gasteiger partial charge in [0.2, 0.25) is 0 Å². The molecule has 0 atom stereocenters. The fourth-order valence-corrected chi connectivity index (χ4v) is 2.38. The lowest BCUT2D eigenvalue weighted by molar-refractivity contribution is 1.47. The van der Waals surface area contributed by atoms with Crippen LogP contribution in [0.4, 0.5) is 0 Å². The maximum absolute atomic E-state index is 8.84. The molecule has 2 aromatic rings. The molecular weight excluding hydrogens is 192 g/mol. The highest BCUT2D eigenvalue weighted by Crippen LogP contribution is 2.30. The Bertz CT molecular complexity index is 582. The molecule has 0 unspecified atom stereocenters. The Morgan fingerprint density at radius 3 is 2.64 bits per heavy atom. The predicted octanol–water partition coefficient (Wildman–Crippen LogP) is 2.95. The van der Waals surface area contributed by atoms with Crippen molar-refractivity contribution in [3.05, 3.63) is 34.2 Å². The van der Waals surface area contributed by atoms with Crippen molar-refractivity contribution in [1.82, 2.24) is 0 Å². The second-order valence-electron chi connectivity index (χ2n) is 2.99. The van der Waals surface area contributed by atoms with E-state index in [1.165, 1.54) is 11.3 Å². The second-order valence-corrected chi connectivity index (χ2v) is 4.04. The molecule has 1 aromatic heterocycles. The molecule has 0 radical (unpaired) electrons. The second kappa shape index (κ2) is 3.14. The quantitative estimate of drug-likeness (QED) is 0.653. The van der Waals surface area contributed by atoms with Gasteiger partial charge in [-0.05, 0) is 36.1 Å². The smallest absolute Gasteiger partial charge is 0.110 e. The van der Waals surface area contributed by atoms with E-state index >= 15 is 0 Å². The van der Waals surface area contributed by atoms with Gasteiger partial charge in [0.1, 0.15) is 10.9 Å². The molecule has 0 N–H and O–H groups in total. The van der Waals surface area contributed by atoms with Crippen LogP contribution in [-0.2, 0) is 0 Å². The first-order valence-corrected chi connectivity index (χ1v) is 4.91. The number of benzene rings is 1. The maximum Gasteiger partial charge on any atom is 0.110 e. The summed E-state index contributed by atoms with van der Waals surface area (Å²) >= 11 is 1.47. The van der Waals surface area contributed by atoms with E-state index in [4.69, 9.17) is 10.5 Å². The van der Waals surface area contributed by atoms with Crippen molar-refractivity contribution in [2.45, 2.75) is 6.92 Å². The lowest BCUT2D eigenvalue weighted by Crippen LogP contribution is -1.75. The van der Waals surface area contributed by atoms with E-state index in [0.29, 0.717) is 5.56 Å². The van der Waals surface area contributed by atoms with Gasteiger partial charge >= 0.3 is 0 Å². The Hall–Kier alpha value is -1.84. The van der Waals surface area contributed by atoms with Gasteiger partial charge < -0.3 is 0 Å². The first kappa shape index (κ1) is 8.74. The zero-order chi connectivity index (χ0) is 10.1. The van der Waals surface area contributed by atoms with Crippen LogP contribution >= 0.6 is 11.3 Å². The summed E-state index contributed by atoms with van der Waals surface area (Å²) in [6, 6.07) is 9.76. The summed E-state index contributed by atoms with van der Waals surface area (Å²) in [6.07, 6.45) is 0. The van der Waals surface area contributed by atoms with Crippen molar-refractivity contribution >= 4 is 21.4 Å². The van der Waals surface area contributed by atoms with E-state index in [2.05, 4.69) is 12.1 Å². The summed E-state index contributed by atoms with van der Waals surface area (Å²) in [5, 5.41) is 18.6. The zero-order valence-electron chi connectivity index (χ0n) is 7.53. The van der Waals surface area contributed by atoms with Crippen LogP contribution in [0.2, 0.25) is 0 Å². The van der Waals surface area contributed by atoms with E-state index in [1.807, 2.05) is 19.1 Å². The number of rotatable bonds is 0. The summed E-state index contributed by atoms with van der Waals surface area (Å²) in [4.78, 5) is 0.732. The summed E-state index contributed by atoms with van der Waals surface area (Å²) in [7, 11) is 0. The van der Waals surface area contributed by atoms with Gasteiger partial charge in [0.15, 0.2) is 0 Å². The molecule has 0 saturated carbocycles. The van der Waals surface area contributed by atoms with Gasteiger partial charge in [0, 0.05) is 4.70 Å². The summed E-state index contributed by atoms with van der Waals surface area (Å²) in [5.41, 5.74) is 1.62. The Morgan fingerprint density at radius 2 is 2.00 bits per heavy atom. The Kier molecular flexibility index (Phi) is 1.96. The molecule has 0 aliphatic carbocycles. The molecule has 1 aromatic carbocycles. The van der Waals surface area contributed by atoms with Crippen LogP contribution in [0.1, 0.15) is 16.0 Å². The first-order valence-electron chi connectivity index (χ1n) is 4.09. The molecular formula is C11H6N2S. The fraction of sp³-hybridized carbons (Fsp3) is 0.0909. The fourth-order valence-electron chi connectivity index (χ4n) is 1.40. The molecule has 0 fully saturated rings. The molecule has 0 aliphatic rings. The minimum Gasteiger partial charge on any atom is -0.192 e. The summed E-state index contributed by atoms with van der Waals surface area (Å²) in [5.74, 6) is 0. The Balaban J connectivity index is 2.84. The molecule has 66 valence electrons. The number of thiophene rings is 1. The van der Waals surface area contributed by atoms with Crippen molar-refractivity contribution in [3.63, 3.8) is 0 Å². The van der Waals surface area contributed by atoms with Crippen molar-refractivity contribution in [1.29, 1.82) is 10.5 Å². The third-order valence-electron chi connectivity index (χ3n) is 2.17. The zero-order valence-corrected chi connectivity index (χ0v) is 8.35. The largest absolute Gasteiger partial charge is 0.192 e. The highest BCUT2D eigenvalue weighted by atomic mass is 32.1. The van der Waals surface area contributed by atoms with Crippen LogP contribution in [0.5, 0.6) is 0 Å². The highest BCUT2D eigenvalue weighted by Gasteiger charge is 2.07. The molecule has 1 heterocycles. The molecule has 14 heavy (non-hydrogen) atoms. The number of nitrogens with zero attached hydrogens (tertiary/aromatic N) is 2. The summed E-state index contributed by atoms with van der Waals surface area (Å²) in [6.45, 7) is 1.92. The first-order chi connectivity index (χ1) is 6.76. The molecule has 2 rings (SSSR count). The molecule has 0 aliphatic heterocycles. The minimum atomic E-state index is 0.642. The molecule has 0 spiro atoms. The third-order valence-corrected chi connectivity index (χ3v) is 3.34. The summed E-state index contributed by atoms with van der Waals surface area (Å²) < 4.78 is 1.07. The molecule has 2 nitrogen and oxygen atoms in total. The van der Waals surface area contributed by atoms with Gasteiger partial charge in [0.25, 0.3) is 0 Å². The van der Waals surface area contributed by atoms with E-state index in [9.17, 15) is 0 Å². The average molecular weight is 198 g/mol. The highest BCUT2D eigenvalue weighted by molar-refractivity contribution is 7.19. The van der Waals surface area contributed by atoms with Crippen LogP contribution in [-0.4, -0.2) is 0 Å². The standard InChI is InChI=1S/C11H6N2S/c1-7-9-4-8(5-12)2-3-10(9)14-11(7)6-13/h2-4H,1H3. The lowest BCUT2D eigenvalue weighted by atomic mass is 10.1. The number of hydrogen-bond donors (Lipinski definition) is 0. The molecule has 0 bridgehead atoms. The van der Waals surface area contributed by atoms with Crippen molar-refractivity contribution in [3.8, 4) is 12.1 Å². The van der Waals surface area contributed by atoms with Gasteiger partial charge in [-0.15, -0.1) is 11.3 Å².